The van der Waals surface area contributed by atoms with Crippen molar-refractivity contribution in [2.75, 3.05) is 13.1 Å². The van der Waals surface area contributed by atoms with Gasteiger partial charge >= 0.3 is 6.36 Å². The lowest BCUT2D eigenvalue weighted by Gasteiger charge is -2.19. The molecule has 0 saturated carbocycles. The molecule has 1 aliphatic rings. The molecule has 6 heteroatoms. The predicted molar refractivity (Wildman–Crippen MR) is 102 cm³/mol. The zero-order valence-corrected chi connectivity index (χ0v) is 15.6. The summed E-state index contributed by atoms with van der Waals surface area (Å²) in [7, 11) is 0. The second kappa shape index (κ2) is 7.51. The molecular formula is C22H22F3NO2. The Morgan fingerprint density at radius 2 is 1.82 bits per heavy atom. The molecule has 2 heterocycles. The van der Waals surface area contributed by atoms with Crippen LogP contribution in [0.5, 0.6) is 5.75 Å². The zero-order valence-electron chi connectivity index (χ0n) is 15.6. The molecule has 2 aromatic carbocycles. The number of likely N-dealkylation sites (tertiary alicyclic amines) is 1. The molecule has 0 radical (unpaired) electrons. The van der Waals surface area contributed by atoms with Crippen molar-refractivity contribution < 1.29 is 22.3 Å². The van der Waals surface area contributed by atoms with Crippen LogP contribution < -0.4 is 4.74 Å². The third-order valence-electron chi connectivity index (χ3n) is 5.32. The van der Waals surface area contributed by atoms with Crippen LogP contribution in [0.25, 0.3) is 22.1 Å². The topological polar surface area (TPSA) is 25.6 Å². The third-order valence-corrected chi connectivity index (χ3v) is 5.32. The Hall–Kier alpha value is -2.47. The number of nitrogens with zero attached hydrogens (tertiary/aromatic N) is 1. The van der Waals surface area contributed by atoms with E-state index < -0.39 is 6.36 Å². The molecule has 0 unspecified atom stereocenters. The van der Waals surface area contributed by atoms with Gasteiger partial charge < -0.3 is 14.1 Å². The first-order chi connectivity index (χ1) is 13.4. The van der Waals surface area contributed by atoms with Crippen LogP contribution in [0.4, 0.5) is 13.2 Å². The summed E-state index contributed by atoms with van der Waals surface area (Å²) in [5, 5.41) is 0.998. The van der Waals surface area contributed by atoms with Gasteiger partial charge in [0.05, 0.1) is 0 Å². The molecule has 1 aromatic heterocycles. The number of hydrogen-bond acceptors (Lipinski definition) is 3. The third kappa shape index (κ3) is 4.33. The fourth-order valence-corrected chi connectivity index (χ4v) is 3.83. The maximum absolute atomic E-state index is 12.3. The summed E-state index contributed by atoms with van der Waals surface area (Å²) < 4.78 is 46.7. The van der Waals surface area contributed by atoms with Gasteiger partial charge in [0, 0.05) is 24.4 Å². The van der Waals surface area contributed by atoms with Crippen molar-refractivity contribution in [3.63, 3.8) is 0 Å². The van der Waals surface area contributed by atoms with Gasteiger partial charge in [-0.2, -0.15) is 0 Å². The molecule has 0 aliphatic carbocycles. The number of ether oxygens (including phenoxy) is 1. The van der Waals surface area contributed by atoms with Crippen molar-refractivity contribution in [3.8, 4) is 16.9 Å². The van der Waals surface area contributed by atoms with E-state index in [0.717, 1.165) is 47.4 Å². The van der Waals surface area contributed by atoms with Crippen molar-refractivity contribution in [2.24, 2.45) is 0 Å². The number of benzene rings is 2. The van der Waals surface area contributed by atoms with Gasteiger partial charge in [-0.05, 0) is 67.8 Å². The summed E-state index contributed by atoms with van der Waals surface area (Å²) in [6.45, 7) is 4.41. The first-order valence-electron chi connectivity index (χ1n) is 9.50. The summed E-state index contributed by atoms with van der Waals surface area (Å²) in [4.78, 5) is 2.49. The maximum Gasteiger partial charge on any atom is 0.573 e. The fraction of sp³-hybridized carbons (Fsp3) is 0.364. The fourth-order valence-electron chi connectivity index (χ4n) is 3.83. The van der Waals surface area contributed by atoms with Crippen molar-refractivity contribution >= 4 is 11.0 Å². The average Bonchev–Trinajstić information content (AvgIpc) is 3.24. The first kappa shape index (κ1) is 18.9. The van der Waals surface area contributed by atoms with Gasteiger partial charge in [0.1, 0.15) is 17.1 Å². The minimum atomic E-state index is -4.68. The molecule has 1 aliphatic heterocycles. The average molecular weight is 389 g/mol. The smallest absolute Gasteiger partial charge is 0.461 e. The van der Waals surface area contributed by atoms with Gasteiger partial charge in [-0.15, -0.1) is 13.2 Å². The highest BCUT2D eigenvalue weighted by molar-refractivity contribution is 5.84. The van der Waals surface area contributed by atoms with Crippen LogP contribution in [0.2, 0.25) is 0 Å². The molecule has 1 atom stereocenters. The summed E-state index contributed by atoms with van der Waals surface area (Å²) in [6, 6.07) is 14.4. The van der Waals surface area contributed by atoms with E-state index in [-0.39, 0.29) is 5.75 Å². The normalized spacial score (nSPS) is 18.1. The van der Waals surface area contributed by atoms with E-state index in [1.165, 1.54) is 25.0 Å². The highest BCUT2D eigenvalue weighted by Gasteiger charge is 2.31. The number of fused-ring (bicyclic) bond motifs is 1. The predicted octanol–water partition coefficient (Wildman–Crippen LogP) is 6.03. The van der Waals surface area contributed by atoms with Crippen LogP contribution in [0.3, 0.4) is 0 Å². The lowest BCUT2D eigenvalue weighted by molar-refractivity contribution is -0.274. The first-order valence-corrected chi connectivity index (χ1v) is 9.50. The molecule has 148 valence electrons. The highest BCUT2D eigenvalue weighted by atomic mass is 19.4. The molecule has 3 nitrogen and oxygen atoms in total. The number of furan rings is 1. The lowest BCUT2D eigenvalue weighted by Crippen LogP contribution is -2.28. The SMILES string of the molecule is C[C@@H]1CCCN1CCc1cc2cc(-c3ccc(OC(F)(F)F)cc3)ccc2o1. The van der Waals surface area contributed by atoms with Crippen molar-refractivity contribution in [3.05, 3.63) is 54.3 Å². The van der Waals surface area contributed by atoms with E-state index in [2.05, 4.69) is 22.6 Å². The van der Waals surface area contributed by atoms with Gasteiger partial charge in [0.25, 0.3) is 0 Å². The van der Waals surface area contributed by atoms with Crippen LogP contribution >= 0.6 is 0 Å². The minimum absolute atomic E-state index is 0.223. The van der Waals surface area contributed by atoms with Crippen LogP contribution in [-0.2, 0) is 6.42 Å². The summed E-state index contributed by atoms with van der Waals surface area (Å²) in [5.41, 5.74) is 2.57. The Kier molecular flexibility index (Phi) is 5.06. The summed E-state index contributed by atoms with van der Waals surface area (Å²) in [6.07, 6.45) is -1.29. The van der Waals surface area contributed by atoms with E-state index in [9.17, 15) is 13.2 Å². The Bertz CT molecular complexity index is 947. The molecule has 0 spiro atoms. The van der Waals surface area contributed by atoms with Crippen LogP contribution in [0, 0.1) is 0 Å². The molecule has 28 heavy (non-hydrogen) atoms. The van der Waals surface area contributed by atoms with Crippen molar-refractivity contribution in [1.82, 2.24) is 4.90 Å². The largest absolute Gasteiger partial charge is 0.573 e. The van der Waals surface area contributed by atoms with Crippen molar-refractivity contribution in [2.45, 2.75) is 38.6 Å². The standard InChI is InChI=1S/C22H22F3NO2/c1-15-3-2-11-26(15)12-10-20-14-18-13-17(6-9-21(18)27-20)16-4-7-19(8-5-16)28-22(23,24)25/h4-9,13-15H,2-3,10-12H2,1H3/t15-/m1/s1. The maximum atomic E-state index is 12.3. The zero-order chi connectivity index (χ0) is 19.7. The number of halogens is 3. The lowest BCUT2D eigenvalue weighted by atomic mass is 10.0. The quantitative estimate of drug-likeness (QED) is 0.533. The molecule has 0 amide bonds. The Balaban J connectivity index is 1.48. The summed E-state index contributed by atoms with van der Waals surface area (Å²) >= 11 is 0. The van der Waals surface area contributed by atoms with Crippen LogP contribution in [0.15, 0.2) is 52.9 Å². The Morgan fingerprint density at radius 3 is 2.50 bits per heavy atom. The molecule has 1 fully saturated rings. The van der Waals surface area contributed by atoms with E-state index >= 15 is 0 Å². The monoisotopic (exact) mass is 389 g/mol. The van der Waals surface area contributed by atoms with Gasteiger partial charge in [-0.3, -0.25) is 0 Å². The Labute approximate surface area is 161 Å². The second-order valence-electron chi connectivity index (χ2n) is 7.31. The van der Waals surface area contributed by atoms with Gasteiger partial charge in [-0.1, -0.05) is 18.2 Å². The van der Waals surface area contributed by atoms with E-state index in [0.29, 0.717) is 6.04 Å². The second-order valence-corrected chi connectivity index (χ2v) is 7.31. The number of hydrogen-bond donors (Lipinski definition) is 0. The molecule has 3 aromatic rings. The Morgan fingerprint density at radius 1 is 1.07 bits per heavy atom. The van der Waals surface area contributed by atoms with E-state index in [4.69, 9.17) is 4.42 Å². The van der Waals surface area contributed by atoms with Crippen molar-refractivity contribution in [1.29, 1.82) is 0 Å². The van der Waals surface area contributed by atoms with Gasteiger partial charge in [0.2, 0.25) is 0 Å². The van der Waals surface area contributed by atoms with Crippen LogP contribution in [0.1, 0.15) is 25.5 Å². The molecule has 0 N–H and O–H groups in total. The minimum Gasteiger partial charge on any atom is -0.461 e. The van der Waals surface area contributed by atoms with E-state index in [1.54, 1.807) is 12.1 Å². The number of alkyl halides is 3. The highest BCUT2D eigenvalue weighted by Crippen LogP contribution is 2.30. The van der Waals surface area contributed by atoms with Gasteiger partial charge in [0.15, 0.2) is 0 Å². The number of rotatable bonds is 5. The van der Waals surface area contributed by atoms with E-state index in [1.807, 2.05) is 18.2 Å². The summed E-state index contributed by atoms with van der Waals surface area (Å²) in [5.74, 6) is 0.735. The van der Waals surface area contributed by atoms with Crippen LogP contribution in [-0.4, -0.2) is 30.4 Å². The van der Waals surface area contributed by atoms with Gasteiger partial charge in [-0.25, -0.2) is 0 Å². The molecular weight excluding hydrogens is 367 g/mol. The molecule has 4 rings (SSSR count). The molecule has 0 bridgehead atoms. The molecule has 1 saturated heterocycles.